The average Bonchev–Trinajstić information content (AvgIpc) is 2.94. The highest BCUT2D eigenvalue weighted by atomic mass is 16.5. The molecule has 238 valence electrons. The molecule has 0 rings (SSSR count). The lowest BCUT2D eigenvalue weighted by Gasteiger charge is -2.33. The molecule has 0 aromatic heterocycles. The molecule has 4 nitrogen and oxygen atoms in total. The van der Waals surface area contributed by atoms with Crippen LogP contribution in [0.5, 0.6) is 0 Å². The molecule has 0 amide bonds. The number of nitrogens with zero attached hydrogens (tertiary/aromatic N) is 1. The number of quaternary nitrogens is 1. The van der Waals surface area contributed by atoms with E-state index in [1.807, 2.05) is 0 Å². The van der Waals surface area contributed by atoms with Crippen LogP contribution in [0, 0.1) is 0 Å². The van der Waals surface area contributed by atoms with Crippen LogP contribution >= 0.6 is 0 Å². The molecule has 40 heavy (non-hydrogen) atoms. The monoisotopic (exact) mass is 566 g/mol. The summed E-state index contributed by atoms with van der Waals surface area (Å²) in [6, 6.07) is 0. The highest BCUT2D eigenvalue weighted by Crippen LogP contribution is 2.12. The number of nitrogens with two attached hydrogens (primary N) is 1. The van der Waals surface area contributed by atoms with Crippen molar-refractivity contribution < 1.29 is 14.0 Å². The SMILES string of the molecule is CCCCC=CCCCCCCCCOCC(C[N+](C)(C)CCCN)OCCCCCCCCC=CCCCC. The Labute approximate surface area is 252 Å². The van der Waals surface area contributed by atoms with Gasteiger partial charge in [-0.3, -0.25) is 0 Å². The van der Waals surface area contributed by atoms with Crippen LogP contribution in [0.2, 0.25) is 0 Å². The minimum atomic E-state index is 0.178. The molecule has 0 aliphatic carbocycles. The third-order valence-electron chi connectivity index (χ3n) is 7.78. The first-order valence-corrected chi connectivity index (χ1v) is 17.6. The van der Waals surface area contributed by atoms with Crippen molar-refractivity contribution >= 4 is 0 Å². The molecule has 1 atom stereocenters. The summed E-state index contributed by atoms with van der Waals surface area (Å²) in [6.07, 6.45) is 36.7. The van der Waals surface area contributed by atoms with Gasteiger partial charge >= 0.3 is 0 Å². The standard InChI is InChI=1S/C36H73N2O2/c1-5-7-9-11-13-15-17-19-21-23-25-27-32-39-35-36(34-38(3,4)31-29-30-37)40-33-28-26-24-22-20-18-16-14-12-10-8-6-2/h11-14,36H,5-10,15-35,37H2,1-4H3/q+1. The van der Waals surface area contributed by atoms with Gasteiger partial charge in [0.05, 0.1) is 27.2 Å². The fraction of sp³-hybridized carbons (Fsp3) is 0.889. The van der Waals surface area contributed by atoms with E-state index in [-0.39, 0.29) is 6.10 Å². The number of allylic oxidation sites excluding steroid dienone is 4. The van der Waals surface area contributed by atoms with Crippen molar-refractivity contribution in [2.24, 2.45) is 5.73 Å². The first-order valence-electron chi connectivity index (χ1n) is 17.6. The number of hydrogen-bond acceptors (Lipinski definition) is 3. The first-order chi connectivity index (χ1) is 19.6. The maximum absolute atomic E-state index is 6.38. The van der Waals surface area contributed by atoms with Gasteiger partial charge in [0.15, 0.2) is 0 Å². The third-order valence-corrected chi connectivity index (χ3v) is 7.78. The lowest BCUT2D eigenvalue weighted by molar-refractivity contribution is -0.893. The second-order valence-electron chi connectivity index (χ2n) is 12.6. The van der Waals surface area contributed by atoms with E-state index in [1.165, 1.54) is 122 Å². The molecule has 0 spiro atoms. The number of ether oxygens (including phenoxy) is 2. The summed E-state index contributed by atoms with van der Waals surface area (Å²) in [7, 11) is 4.60. The summed E-state index contributed by atoms with van der Waals surface area (Å²) >= 11 is 0. The Balaban J connectivity index is 3.96. The van der Waals surface area contributed by atoms with Crippen molar-refractivity contribution in [1.29, 1.82) is 0 Å². The van der Waals surface area contributed by atoms with Gasteiger partial charge in [0.2, 0.25) is 0 Å². The van der Waals surface area contributed by atoms with E-state index in [0.29, 0.717) is 0 Å². The van der Waals surface area contributed by atoms with Gasteiger partial charge in [-0.15, -0.1) is 0 Å². The van der Waals surface area contributed by atoms with Crippen molar-refractivity contribution in [3.63, 3.8) is 0 Å². The third kappa shape index (κ3) is 30.3. The molecule has 0 radical (unpaired) electrons. The molecule has 0 aromatic rings. The Morgan fingerprint density at radius 3 is 1.52 bits per heavy atom. The van der Waals surface area contributed by atoms with E-state index in [1.54, 1.807) is 0 Å². The van der Waals surface area contributed by atoms with E-state index < -0.39 is 0 Å². The van der Waals surface area contributed by atoms with Crippen LogP contribution < -0.4 is 5.73 Å². The molecule has 0 bridgehead atoms. The molecule has 0 aliphatic rings. The van der Waals surface area contributed by atoms with E-state index in [9.17, 15) is 0 Å². The summed E-state index contributed by atoms with van der Waals surface area (Å²) in [5.41, 5.74) is 5.78. The predicted octanol–water partition coefficient (Wildman–Crippen LogP) is 9.77. The van der Waals surface area contributed by atoms with E-state index in [2.05, 4.69) is 52.2 Å². The Hall–Kier alpha value is -0.680. The maximum atomic E-state index is 6.38. The largest absolute Gasteiger partial charge is 0.379 e. The molecule has 0 saturated heterocycles. The molecule has 1 unspecified atom stereocenters. The zero-order valence-corrected chi connectivity index (χ0v) is 27.8. The van der Waals surface area contributed by atoms with Crippen LogP contribution in [0.1, 0.15) is 149 Å². The van der Waals surface area contributed by atoms with Gasteiger partial charge < -0.3 is 19.7 Å². The van der Waals surface area contributed by atoms with Crippen molar-refractivity contribution in [2.45, 2.75) is 155 Å². The second kappa shape index (κ2) is 31.3. The molecule has 2 N–H and O–H groups in total. The van der Waals surface area contributed by atoms with Gasteiger partial charge in [-0.1, -0.05) is 115 Å². The molecule has 0 aliphatic heterocycles. The van der Waals surface area contributed by atoms with Crippen molar-refractivity contribution in [3.8, 4) is 0 Å². The summed E-state index contributed by atoms with van der Waals surface area (Å²) < 4.78 is 13.5. The Bertz CT molecular complexity index is 547. The van der Waals surface area contributed by atoms with Crippen LogP contribution in [0.25, 0.3) is 0 Å². The summed E-state index contributed by atoms with van der Waals surface area (Å²) in [6.45, 7) is 9.82. The van der Waals surface area contributed by atoms with Gasteiger partial charge in [0, 0.05) is 19.6 Å². The molecule has 0 saturated carbocycles. The molecule has 0 aromatic carbocycles. The predicted molar refractivity (Wildman–Crippen MR) is 178 cm³/mol. The van der Waals surface area contributed by atoms with Crippen molar-refractivity contribution in [2.75, 3.05) is 53.6 Å². The number of hydrogen-bond donors (Lipinski definition) is 1. The number of likely N-dealkylation sites (N-methyl/N-ethyl adjacent to an activating group) is 1. The zero-order valence-electron chi connectivity index (χ0n) is 27.8. The second-order valence-corrected chi connectivity index (χ2v) is 12.6. The van der Waals surface area contributed by atoms with Crippen LogP contribution in [0.15, 0.2) is 24.3 Å². The van der Waals surface area contributed by atoms with Gasteiger partial charge in [0.25, 0.3) is 0 Å². The highest BCUT2D eigenvalue weighted by molar-refractivity contribution is 4.81. The fourth-order valence-electron chi connectivity index (χ4n) is 5.14. The average molecular weight is 566 g/mol. The molecule has 0 heterocycles. The topological polar surface area (TPSA) is 44.5 Å². The lowest BCUT2D eigenvalue weighted by atomic mass is 10.1. The van der Waals surface area contributed by atoms with Gasteiger partial charge in [-0.05, 0) is 57.9 Å². The van der Waals surface area contributed by atoms with Gasteiger partial charge in [-0.2, -0.15) is 0 Å². The quantitative estimate of drug-likeness (QED) is 0.0501. The highest BCUT2D eigenvalue weighted by Gasteiger charge is 2.22. The minimum Gasteiger partial charge on any atom is -0.379 e. The van der Waals surface area contributed by atoms with Gasteiger partial charge in [-0.25, -0.2) is 0 Å². The fourth-order valence-corrected chi connectivity index (χ4v) is 5.14. The zero-order chi connectivity index (χ0) is 29.4. The summed E-state index contributed by atoms with van der Waals surface area (Å²) in [5.74, 6) is 0. The van der Waals surface area contributed by atoms with Crippen molar-refractivity contribution in [1.82, 2.24) is 0 Å². The summed E-state index contributed by atoms with van der Waals surface area (Å²) in [5, 5.41) is 0. The molecular weight excluding hydrogens is 492 g/mol. The Morgan fingerprint density at radius 2 is 1.02 bits per heavy atom. The minimum absolute atomic E-state index is 0.178. The smallest absolute Gasteiger partial charge is 0.130 e. The van der Waals surface area contributed by atoms with Crippen molar-refractivity contribution in [3.05, 3.63) is 24.3 Å². The first kappa shape index (κ1) is 39.3. The van der Waals surface area contributed by atoms with E-state index in [0.717, 1.165) is 56.8 Å². The number of rotatable bonds is 32. The maximum Gasteiger partial charge on any atom is 0.130 e. The van der Waals surface area contributed by atoms with E-state index in [4.69, 9.17) is 15.2 Å². The van der Waals surface area contributed by atoms with E-state index >= 15 is 0 Å². The van der Waals surface area contributed by atoms with Crippen LogP contribution in [-0.2, 0) is 9.47 Å². The lowest BCUT2D eigenvalue weighted by Crippen LogP contribution is -2.48. The Kier molecular flexibility index (Phi) is 30.7. The Morgan fingerprint density at radius 1 is 0.575 bits per heavy atom. The molecular formula is C36H73N2O2+. The molecule has 4 heteroatoms. The summed E-state index contributed by atoms with van der Waals surface area (Å²) in [4.78, 5) is 0. The molecule has 0 fully saturated rings. The normalized spacial score (nSPS) is 13.2. The van der Waals surface area contributed by atoms with Crippen LogP contribution in [0.4, 0.5) is 0 Å². The van der Waals surface area contributed by atoms with Crippen LogP contribution in [-0.4, -0.2) is 64.1 Å². The van der Waals surface area contributed by atoms with Gasteiger partial charge in [0.1, 0.15) is 12.6 Å². The van der Waals surface area contributed by atoms with Crippen LogP contribution in [0.3, 0.4) is 0 Å². The number of unbranched alkanes of at least 4 members (excludes halogenated alkanes) is 16.